The molecule has 0 spiro atoms. The summed E-state index contributed by atoms with van der Waals surface area (Å²) in [6.07, 6.45) is -2.63. The average molecular weight is 475 g/mol. The smallest absolute Gasteiger partial charge is 0.337 e. The molecule has 1 atom stereocenters. The fourth-order valence-corrected chi connectivity index (χ4v) is 3.39. The van der Waals surface area contributed by atoms with Crippen molar-refractivity contribution in [3.63, 3.8) is 0 Å². The number of alkyl halides is 2. The first kappa shape index (κ1) is 24.8. The van der Waals surface area contributed by atoms with Crippen LogP contribution in [-0.4, -0.2) is 28.8 Å². The first-order valence-corrected chi connectivity index (χ1v) is 10.5. The van der Waals surface area contributed by atoms with Crippen LogP contribution in [0.25, 0.3) is 0 Å². The minimum absolute atomic E-state index is 0.183. The minimum atomic E-state index is -3.03. The van der Waals surface area contributed by atoms with Crippen LogP contribution in [0.5, 0.6) is 11.6 Å². The Bertz CT molecular complexity index is 1190. The fraction of sp³-hybridized carbons (Fsp3) is 0.292. The summed E-state index contributed by atoms with van der Waals surface area (Å²) in [5, 5.41) is 6.42. The van der Waals surface area contributed by atoms with E-state index in [9.17, 15) is 22.8 Å². The lowest BCUT2D eigenvalue weighted by atomic mass is 10.1. The maximum Gasteiger partial charge on any atom is 0.337 e. The third-order valence-corrected chi connectivity index (χ3v) is 5.25. The highest BCUT2D eigenvalue weighted by atomic mass is 19.3. The highest BCUT2D eigenvalue weighted by molar-refractivity contribution is 5.98. The Labute approximate surface area is 194 Å². The number of aromatic nitrogens is 2. The third kappa shape index (κ3) is 5.22. The summed E-state index contributed by atoms with van der Waals surface area (Å²) < 4.78 is 52.7. The van der Waals surface area contributed by atoms with Crippen molar-refractivity contribution in [3.05, 3.63) is 76.2 Å². The standard InChI is InChI=1S/C24H24F3N3O4/c1-5-14-12-17(10-11-18(14)25)34-23-19(20(21(26)27)29-30(23)3)22(31)28-13(2)15-6-8-16(9-7-15)24(32)33-4/h6-13,21H,5H2,1-4H3,(H,28,31). The number of amides is 1. The zero-order chi connectivity index (χ0) is 25.0. The van der Waals surface area contributed by atoms with Crippen molar-refractivity contribution in [2.75, 3.05) is 7.11 Å². The van der Waals surface area contributed by atoms with Crippen LogP contribution in [-0.2, 0) is 18.2 Å². The number of halogens is 3. The van der Waals surface area contributed by atoms with Crippen molar-refractivity contribution >= 4 is 11.9 Å². The molecular formula is C24H24F3N3O4. The van der Waals surface area contributed by atoms with Crippen molar-refractivity contribution in [1.29, 1.82) is 0 Å². The molecule has 0 fully saturated rings. The van der Waals surface area contributed by atoms with Gasteiger partial charge >= 0.3 is 5.97 Å². The second-order valence-corrected chi connectivity index (χ2v) is 7.51. The van der Waals surface area contributed by atoms with Gasteiger partial charge in [-0.1, -0.05) is 19.1 Å². The number of ether oxygens (including phenoxy) is 2. The van der Waals surface area contributed by atoms with Crippen LogP contribution in [0, 0.1) is 5.82 Å². The molecule has 1 amide bonds. The number of rotatable bonds is 8. The maximum absolute atomic E-state index is 13.8. The Hall–Kier alpha value is -3.82. The van der Waals surface area contributed by atoms with Gasteiger partial charge < -0.3 is 14.8 Å². The highest BCUT2D eigenvalue weighted by Crippen LogP contribution is 2.33. The van der Waals surface area contributed by atoms with Gasteiger partial charge in [0.05, 0.1) is 18.7 Å². The van der Waals surface area contributed by atoms with Crippen molar-refractivity contribution in [2.45, 2.75) is 32.7 Å². The number of benzene rings is 2. The van der Waals surface area contributed by atoms with E-state index in [1.807, 2.05) is 0 Å². The molecule has 0 saturated carbocycles. The van der Waals surface area contributed by atoms with Gasteiger partial charge in [0.15, 0.2) is 0 Å². The maximum atomic E-state index is 13.8. The number of nitrogens with one attached hydrogen (secondary N) is 1. The number of esters is 1. The van der Waals surface area contributed by atoms with E-state index in [0.717, 1.165) is 4.68 Å². The van der Waals surface area contributed by atoms with Crippen LogP contribution in [0.2, 0.25) is 0 Å². The van der Waals surface area contributed by atoms with Crippen molar-refractivity contribution in [1.82, 2.24) is 15.1 Å². The molecule has 3 aromatic rings. The lowest BCUT2D eigenvalue weighted by molar-refractivity contribution is 0.0600. The number of carbonyl (C=O) groups excluding carboxylic acids is 2. The third-order valence-electron chi connectivity index (χ3n) is 5.25. The number of aryl methyl sites for hydroxylation is 2. The molecule has 1 N–H and O–H groups in total. The molecular weight excluding hydrogens is 451 g/mol. The lowest BCUT2D eigenvalue weighted by Crippen LogP contribution is -2.27. The van der Waals surface area contributed by atoms with Gasteiger partial charge in [-0.15, -0.1) is 0 Å². The molecule has 34 heavy (non-hydrogen) atoms. The second-order valence-electron chi connectivity index (χ2n) is 7.51. The summed E-state index contributed by atoms with van der Waals surface area (Å²) in [4.78, 5) is 24.7. The van der Waals surface area contributed by atoms with Gasteiger partial charge in [-0.2, -0.15) is 5.10 Å². The van der Waals surface area contributed by atoms with Crippen molar-refractivity contribution in [3.8, 4) is 11.6 Å². The summed E-state index contributed by atoms with van der Waals surface area (Å²) >= 11 is 0. The van der Waals surface area contributed by atoms with E-state index >= 15 is 0 Å². The lowest BCUT2D eigenvalue weighted by Gasteiger charge is -2.16. The monoisotopic (exact) mass is 475 g/mol. The molecule has 0 radical (unpaired) electrons. The molecule has 10 heteroatoms. The number of hydrogen-bond acceptors (Lipinski definition) is 5. The Morgan fingerprint density at radius 1 is 1.15 bits per heavy atom. The molecule has 0 aliphatic carbocycles. The van der Waals surface area contributed by atoms with E-state index in [4.69, 9.17) is 4.74 Å². The average Bonchev–Trinajstić information content (AvgIpc) is 3.16. The van der Waals surface area contributed by atoms with Gasteiger partial charge in [-0.05, 0) is 54.8 Å². The molecule has 2 aromatic carbocycles. The Morgan fingerprint density at radius 3 is 2.41 bits per heavy atom. The highest BCUT2D eigenvalue weighted by Gasteiger charge is 2.30. The van der Waals surface area contributed by atoms with E-state index in [-0.39, 0.29) is 11.6 Å². The zero-order valence-electron chi connectivity index (χ0n) is 19.1. The topological polar surface area (TPSA) is 82.4 Å². The minimum Gasteiger partial charge on any atom is -0.465 e. The van der Waals surface area contributed by atoms with E-state index in [0.29, 0.717) is 23.1 Å². The Morgan fingerprint density at radius 2 is 1.82 bits per heavy atom. The molecule has 0 aliphatic rings. The number of methoxy groups -OCH3 is 1. The Kier molecular flexibility index (Phi) is 7.60. The van der Waals surface area contributed by atoms with Gasteiger partial charge in [-0.25, -0.2) is 22.6 Å². The molecule has 0 bridgehead atoms. The van der Waals surface area contributed by atoms with Gasteiger partial charge in [0.2, 0.25) is 5.88 Å². The molecule has 0 aliphatic heterocycles. The predicted molar refractivity (Wildman–Crippen MR) is 118 cm³/mol. The van der Waals surface area contributed by atoms with E-state index < -0.39 is 41.4 Å². The largest absolute Gasteiger partial charge is 0.465 e. The van der Waals surface area contributed by atoms with E-state index in [1.165, 1.54) is 44.5 Å². The SMILES string of the molecule is CCc1cc(Oc2c(C(=O)NC(C)c3ccc(C(=O)OC)cc3)c(C(F)F)nn2C)ccc1F. The second kappa shape index (κ2) is 10.4. The van der Waals surface area contributed by atoms with Crippen LogP contribution in [0.15, 0.2) is 42.5 Å². The van der Waals surface area contributed by atoms with Gasteiger partial charge in [0.25, 0.3) is 12.3 Å². The molecule has 1 unspecified atom stereocenters. The summed E-state index contributed by atoms with van der Waals surface area (Å²) in [7, 11) is 2.64. The molecule has 0 saturated heterocycles. The number of carbonyl (C=O) groups is 2. The van der Waals surface area contributed by atoms with Crippen LogP contribution in [0.1, 0.15) is 63.9 Å². The van der Waals surface area contributed by atoms with E-state index in [1.54, 1.807) is 26.0 Å². The quantitative estimate of drug-likeness (QED) is 0.457. The molecule has 180 valence electrons. The normalized spacial score (nSPS) is 11.9. The summed E-state index contributed by atoms with van der Waals surface area (Å²) in [5.41, 5.74) is 0.193. The van der Waals surface area contributed by atoms with Crippen LogP contribution < -0.4 is 10.1 Å². The van der Waals surface area contributed by atoms with Crippen LogP contribution >= 0.6 is 0 Å². The number of hydrogen-bond donors (Lipinski definition) is 1. The van der Waals surface area contributed by atoms with E-state index in [2.05, 4.69) is 15.2 Å². The van der Waals surface area contributed by atoms with Crippen molar-refractivity contribution in [2.24, 2.45) is 7.05 Å². The predicted octanol–water partition coefficient (Wildman–Crippen LogP) is 5.13. The Balaban J connectivity index is 1.90. The van der Waals surface area contributed by atoms with Crippen molar-refractivity contribution < 1.29 is 32.2 Å². The number of nitrogens with zero attached hydrogens (tertiary/aromatic N) is 2. The van der Waals surface area contributed by atoms with Gasteiger partial charge in [0.1, 0.15) is 22.8 Å². The molecule has 1 aromatic heterocycles. The first-order valence-electron chi connectivity index (χ1n) is 10.5. The van der Waals surface area contributed by atoms with Crippen LogP contribution in [0.3, 0.4) is 0 Å². The molecule has 1 heterocycles. The first-order chi connectivity index (χ1) is 16.2. The van der Waals surface area contributed by atoms with Crippen LogP contribution in [0.4, 0.5) is 13.2 Å². The zero-order valence-corrected chi connectivity index (χ0v) is 19.1. The molecule has 3 rings (SSSR count). The van der Waals surface area contributed by atoms with Gasteiger partial charge in [0, 0.05) is 7.05 Å². The molecule has 7 nitrogen and oxygen atoms in total. The summed E-state index contributed by atoms with van der Waals surface area (Å²) in [6.45, 7) is 3.43. The summed E-state index contributed by atoms with van der Waals surface area (Å²) in [6, 6.07) is 9.72. The van der Waals surface area contributed by atoms with Gasteiger partial charge in [-0.3, -0.25) is 4.79 Å². The summed E-state index contributed by atoms with van der Waals surface area (Å²) in [5.74, 6) is -1.76. The fourth-order valence-electron chi connectivity index (χ4n) is 3.39.